The first-order chi connectivity index (χ1) is 14.8. The van der Waals surface area contributed by atoms with E-state index in [-0.39, 0.29) is 18.9 Å². The van der Waals surface area contributed by atoms with Crippen molar-refractivity contribution in [3.8, 4) is 5.88 Å². The van der Waals surface area contributed by atoms with Crippen molar-refractivity contribution in [1.29, 1.82) is 0 Å². The molecular formula is C21H21ClN4O5. The van der Waals surface area contributed by atoms with Crippen molar-refractivity contribution in [3.63, 3.8) is 0 Å². The van der Waals surface area contributed by atoms with Gasteiger partial charge in [0.2, 0.25) is 11.7 Å². The van der Waals surface area contributed by atoms with E-state index in [0.717, 1.165) is 11.3 Å². The van der Waals surface area contributed by atoms with Crippen LogP contribution in [0.3, 0.4) is 0 Å². The number of ketones is 1. The molecule has 3 rings (SSSR count). The zero-order chi connectivity index (χ0) is 22.5. The van der Waals surface area contributed by atoms with E-state index in [9.17, 15) is 14.4 Å². The largest absolute Gasteiger partial charge is 0.466 e. The number of methoxy groups -OCH3 is 1. The molecule has 9 nitrogen and oxygen atoms in total. The Morgan fingerprint density at radius 2 is 2.00 bits per heavy atom. The third-order valence-electron chi connectivity index (χ3n) is 4.76. The van der Waals surface area contributed by atoms with E-state index >= 15 is 0 Å². The van der Waals surface area contributed by atoms with E-state index in [1.54, 1.807) is 6.07 Å². The van der Waals surface area contributed by atoms with Crippen LogP contribution in [0.15, 0.2) is 30.6 Å². The highest BCUT2D eigenvalue weighted by molar-refractivity contribution is 6.36. The predicted octanol–water partition coefficient (Wildman–Crippen LogP) is 1.84. The first-order valence-corrected chi connectivity index (χ1v) is 9.85. The molecule has 1 amide bonds. The molecule has 2 N–H and O–H groups in total. The van der Waals surface area contributed by atoms with Gasteiger partial charge in [0.25, 0.3) is 5.91 Å². The van der Waals surface area contributed by atoms with Crippen molar-refractivity contribution in [2.75, 3.05) is 13.7 Å². The minimum Gasteiger partial charge on any atom is -0.466 e. The van der Waals surface area contributed by atoms with Crippen molar-refractivity contribution < 1.29 is 23.9 Å². The zero-order valence-electron chi connectivity index (χ0n) is 17.1. The number of nitrogens with two attached hydrogens (primary N) is 1. The van der Waals surface area contributed by atoms with Crippen LogP contribution >= 0.6 is 11.6 Å². The monoisotopic (exact) mass is 444 g/mol. The van der Waals surface area contributed by atoms with Crippen LogP contribution in [-0.2, 0) is 38.5 Å². The molecule has 0 saturated carbocycles. The van der Waals surface area contributed by atoms with Crippen LogP contribution in [0, 0.1) is 0 Å². The Balaban J connectivity index is 2.19. The number of rotatable bonds is 9. The van der Waals surface area contributed by atoms with E-state index in [0.29, 0.717) is 34.6 Å². The molecule has 0 spiro atoms. The number of ether oxygens (including phenoxy) is 2. The van der Waals surface area contributed by atoms with Gasteiger partial charge in [-0.25, -0.2) is 14.8 Å². The van der Waals surface area contributed by atoms with Gasteiger partial charge < -0.3 is 19.8 Å². The van der Waals surface area contributed by atoms with E-state index in [2.05, 4.69) is 14.7 Å². The highest BCUT2D eigenvalue weighted by Crippen LogP contribution is 2.33. The van der Waals surface area contributed by atoms with E-state index < -0.39 is 17.7 Å². The second-order valence-electron chi connectivity index (χ2n) is 6.70. The maximum Gasteiger partial charge on any atom is 0.343 e. The molecule has 162 valence electrons. The molecule has 1 aromatic carbocycles. The number of Topliss-reactive ketones (excluding diaryl/α,β-unsaturated/α-hetero) is 1. The smallest absolute Gasteiger partial charge is 0.343 e. The Bertz CT molecular complexity index is 1160. The summed E-state index contributed by atoms with van der Waals surface area (Å²) < 4.78 is 12.1. The summed E-state index contributed by atoms with van der Waals surface area (Å²) in [4.78, 5) is 43.7. The van der Waals surface area contributed by atoms with Crippen LogP contribution < -0.4 is 10.5 Å². The topological polar surface area (TPSA) is 126 Å². The molecule has 0 radical (unpaired) electrons. The van der Waals surface area contributed by atoms with Gasteiger partial charge in [-0.2, -0.15) is 0 Å². The van der Waals surface area contributed by atoms with Crippen molar-refractivity contribution in [3.05, 3.63) is 52.4 Å². The summed E-state index contributed by atoms with van der Waals surface area (Å²) >= 11 is 6.13. The van der Waals surface area contributed by atoms with Gasteiger partial charge in [-0.15, -0.1) is 0 Å². The number of carbonyl (C=O) groups is 3. The molecule has 2 aromatic heterocycles. The number of amides is 1. The van der Waals surface area contributed by atoms with Crippen molar-refractivity contribution in [2.45, 2.75) is 26.3 Å². The number of esters is 1. The lowest BCUT2D eigenvalue weighted by atomic mass is 10.0. The van der Waals surface area contributed by atoms with Gasteiger partial charge in [-0.3, -0.25) is 9.59 Å². The number of nitrogens with zero attached hydrogens (tertiary/aromatic N) is 3. The minimum atomic E-state index is -1.04. The number of carbonyl (C=O) groups excluding carboxylic acids is 3. The van der Waals surface area contributed by atoms with Gasteiger partial charge in [0.1, 0.15) is 12.0 Å². The van der Waals surface area contributed by atoms with Gasteiger partial charge >= 0.3 is 5.97 Å². The number of aromatic nitrogens is 3. The molecular weight excluding hydrogens is 424 g/mol. The van der Waals surface area contributed by atoms with Crippen LogP contribution in [0.2, 0.25) is 5.02 Å². The molecule has 0 atom stereocenters. The number of primary amides is 1. The fraction of sp³-hybridized carbons (Fsp3) is 0.286. The second kappa shape index (κ2) is 9.57. The highest BCUT2D eigenvalue weighted by Gasteiger charge is 2.25. The molecule has 0 aliphatic heterocycles. The quantitative estimate of drug-likeness (QED) is 0.394. The number of halogens is 1. The highest BCUT2D eigenvalue weighted by atomic mass is 35.5. The maximum atomic E-state index is 12.2. The maximum absolute atomic E-state index is 12.2. The Morgan fingerprint density at radius 3 is 2.65 bits per heavy atom. The molecule has 0 aliphatic carbocycles. The molecule has 10 heteroatoms. The van der Waals surface area contributed by atoms with Crippen LogP contribution in [0.4, 0.5) is 0 Å². The second-order valence-corrected chi connectivity index (χ2v) is 7.14. The molecule has 3 aromatic rings. The lowest BCUT2D eigenvalue weighted by Gasteiger charge is -2.10. The Kier molecular flexibility index (Phi) is 6.86. The summed E-state index contributed by atoms with van der Waals surface area (Å²) in [6, 6.07) is 7.36. The lowest BCUT2D eigenvalue weighted by Crippen LogP contribution is -2.25. The number of hydrogen-bond donors (Lipinski definition) is 1. The number of hydrogen-bond acceptors (Lipinski definition) is 7. The van der Waals surface area contributed by atoms with Crippen molar-refractivity contribution in [2.24, 2.45) is 5.73 Å². The normalized spacial score (nSPS) is 10.8. The van der Waals surface area contributed by atoms with Crippen LogP contribution in [-0.4, -0.2) is 45.9 Å². The van der Waals surface area contributed by atoms with E-state index in [1.165, 1.54) is 13.4 Å². The molecule has 31 heavy (non-hydrogen) atoms. The standard InChI is InChI=1S/C21H21ClN4O5/c1-3-15-14(8-16(27)19(23)29)18-20(24-11-25-21(18)31-10-17(28)30-2)26(15)9-12-5-4-6-13(22)7-12/h4-7,11H,3,8-10H2,1-2H3,(H2,23,29). The van der Waals surface area contributed by atoms with Gasteiger partial charge in [-0.05, 0) is 29.7 Å². The van der Waals surface area contributed by atoms with Gasteiger partial charge in [0.05, 0.1) is 12.5 Å². The summed E-state index contributed by atoms with van der Waals surface area (Å²) in [6.07, 6.45) is 1.61. The van der Waals surface area contributed by atoms with Crippen LogP contribution in [0.5, 0.6) is 5.88 Å². The molecule has 2 heterocycles. The van der Waals surface area contributed by atoms with E-state index in [4.69, 9.17) is 22.1 Å². The Hall–Kier alpha value is -3.46. The summed E-state index contributed by atoms with van der Waals surface area (Å²) in [5, 5.41) is 1.03. The number of fused-ring (bicyclic) bond motifs is 1. The average molecular weight is 445 g/mol. The minimum absolute atomic E-state index is 0.113. The number of benzene rings is 1. The SMILES string of the molecule is CCc1c(CC(=O)C(N)=O)c2c(OCC(=O)OC)ncnc2n1Cc1cccc(Cl)c1. The third-order valence-corrected chi connectivity index (χ3v) is 4.99. The van der Waals surface area contributed by atoms with Gasteiger partial charge in [0, 0.05) is 23.7 Å². The third kappa shape index (κ3) is 4.83. The summed E-state index contributed by atoms with van der Waals surface area (Å²) in [5.74, 6) is -2.26. The van der Waals surface area contributed by atoms with Crippen molar-refractivity contribution in [1.82, 2.24) is 14.5 Å². The Labute approximate surface area is 183 Å². The van der Waals surface area contributed by atoms with Gasteiger partial charge in [-0.1, -0.05) is 30.7 Å². The Morgan fingerprint density at radius 1 is 1.23 bits per heavy atom. The molecule has 0 unspecified atom stereocenters. The summed E-state index contributed by atoms with van der Waals surface area (Å²) in [6.45, 7) is 1.97. The van der Waals surface area contributed by atoms with Gasteiger partial charge in [0.15, 0.2) is 6.61 Å². The van der Waals surface area contributed by atoms with Crippen molar-refractivity contribution >= 4 is 40.3 Å². The fourth-order valence-corrected chi connectivity index (χ4v) is 3.60. The first kappa shape index (κ1) is 22.2. The summed E-state index contributed by atoms with van der Waals surface area (Å²) in [5.41, 5.74) is 7.91. The predicted molar refractivity (Wildman–Crippen MR) is 113 cm³/mol. The molecule has 0 fully saturated rings. The molecule has 0 saturated heterocycles. The lowest BCUT2D eigenvalue weighted by molar-refractivity contribution is -0.143. The zero-order valence-corrected chi connectivity index (χ0v) is 17.8. The van der Waals surface area contributed by atoms with E-state index in [1.807, 2.05) is 29.7 Å². The summed E-state index contributed by atoms with van der Waals surface area (Å²) in [7, 11) is 1.24. The average Bonchev–Trinajstić information content (AvgIpc) is 3.04. The fourth-order valence-electron chi connectivity index (χ4n) is 3.39. The molecule has 0 aliphatic rings. The van der Waals surface area contributed by atoms with Crippen LogP contribution in [0.25, 0.3) is 11.0 Å². The molecule has 0 bridgehead atoms. The first-order valence-electron chi connectivity index (χ1n) is 9.47. The van der Waals surface area contributed by atoms with Crippen LogP contribution in [0.1, 0.15) is 23.7 Å².